The van der Waals surface area contributed by atoms with Crippen LogP contribution >= 0.6 is 0 Å². The van der Waals surface area contributed by atoms with E-state index < -0.39 is 5.97 Å². The van der Waals surface area contributed by atoms with E-state index in [0.29, 0.717) is 10.8 Å². The van der Waals surface area contributed by atoms with Gasteiger partial charge in [0.25, 0.3) is 5.56 Å². The number of hydrogen-bond acceptors (Lipinski definition) is 4. The van der Waals surface area contributed by atoms with Crippen LogP contribution in [0.15, 0.2) is 77.9 Å². The molecule has 1 N–H and O–H groups in total. The van der Waals surface area contributed by atoms with Gasteiger partial charge in [0, 0.05) is 17.1 Å². The average Bonchev–Trinajstić information content (AvgIpc) is 3.16. The molecule has 0 unspecified atom stereocenters. The van der Waals surface area contributed by atoms with Crippen molar-refractivity contribution in [2.24, 2.45) is 0 Å². The van der Waals surface area contributed by atoms with Gasteiger partial charge in [-0.2, -0.15) is 5.10 Å². The first kappa shape index (κ1) is 15.8. The second-order valence-electron chi connectivity index (χ2n) is 5.80. The minimum absolute atomic E-state index is 0.0700. The molecule has 0 aliphatic carbocycles. The minimum Gasteiger partial charge on any atom is -0.456 e. The van der Waals surface area contributed by atoms with Crippen molar-refractivity contribution in [3.63, 3.8) is 0 Å². The zero-order valence-electron chi connectivity index (χ0n) is 13.8. The highest BCUT2D eigenvalue weighted by Crippen LogP contribution is 2.12. The molecule has 0 fully saturated rings. The van der Waals surface area contributed by atoms with Gasteiger partial charge >= 0.3 is 5.97 Å². The van der Waals surface area contributed by atoms with Crippen LogP contribution in [0.2, 0.25) is 0 Å². The number of aromatic amines is 1. The van der Waals surface area contributed by atoms with Crippen molar-refractivity contribution in [1.29, 1.82) is 0 Å². The maximum absolute atomic E-state index is 12.3. The second kappa shape index (κ2) is 6.68. The van der Waals surface area contributed by atoms with Crippen LogP contribution in [-0.4, -0.2) is 20.7 Å². The van der Waals surface area contributed by atoms with Crippen LogP contribution < -0.4 is 5.56 Å². The lowest BCUT2D eigenvalue weighted by Crippen LogP contribution is -2.15. The summed E-state index contributed by atoms with van der Waals surface area (Å²) in [7, 11) is 0. The van der Waals surface area contributed by atoms with Crippen LogP contribution in [0.3, 0.4) is 0 Å². The Bertz CT molecular complexity index is 1130. The Morgan fingerprint density at radius 3 is 2.69 bits per heavy atom. The predicted octanol–water partition coefficient (Wildman–Crippen LogP) is 3.07. The molecule has 4 aromatic rings. The summed E-state index contributed by atoms with van der Waals surface area (Å²) in [4.78, 5) is 26.9. The van der Waals surface area contributed by atoms with Crippen LogP contribution in [0, 0.1) is 0 Å². The van der Waals surface area contributed by atoms with Crippen molar-refractivity contribution in [2.45, 2.75) is 6.61 Å². The molecule has 2 aromatic carbocycles. The van der Waals surface area contributed by atoms with Gasteiger partial charge in [0.15, 0.2) is 0 Å². The second-order valence-corrected chi connectivity index (χ2v) is 5.80. The first-order valence-corrected chi connectivity index (χ1v) is 8.09. The number of para-hydroxylation sites is 1. The quantitative estimate of drug-likeness (QED) is 0.577. The van der Waals surface area contributed by atoms with Gasteiger partial charge in [-0.3, -0.25) is 4.79 Å². The summed E-state index contributed by atoms with van der Waals surface area (Å²) in [6.45, 7) is 0.0700. The molecule has 0 radical (unpaired) electrons. The van der Waals surface area contributed by atoms with Gasteiger partial charge in [0.1, 0.15) is 12.3 Å². The molecule has 128 valence electrons. The Labute approximate surface area is 148 Å². The fourth-order valence-electron chi connectivity index (χ4n) is 2.70. The van der Waals surface area contributed by atoms with Gasteiger partial charge in [0.2, 0.25) is 0 Å². The molecule has 0 aliphatic rings. The fourth-order valence-corrected chi connectivity index (χ4v) is 2.70. The smallest absolute Gasteiger partial charge is 0.355 e. The molecule has 0 saturated carbocycles. The number of pyridine rings is 1. The summed E-state index contributed by atoms with van der Waals surface area (Å²) in [6.07, 6.45) is 3.44. The molecule has 0 saturated heterocycles. The van der Waals surface area contributed by atoms with Gasteiger partial charge in [-0.05, 0) is 29.7 Å². The topological polar surface area (TPSA) is 77.0 Å². The highest BCUT2D eigenvalue weighted by molar-refractivity contribution is 5.92. The number of nitrogens with one attached hydrogen (secondary N) is 1. The van der Waals surface area contributed by atoms with Crippen molar-refractivity contribution in [3.05, 3.63) is 94.7 Å². The van der Waals surface area contributed by atoms with E-state index in [4.69, 9.17) is 4.74 Å². The standard InChI is InChI=1S/C20H15N3O3/c24-19-17-9-5-4-6-15(17)10-18(22-19)20(25)26-13-14-11-21-23(12-14)16-7-2-1-3-8-16/h1-12H,13H2,(H,22,24). The molecule has 0 aliphatic heterocycles. The van der Waals surface area contributed by atoms with Crippen molar-refractivity contribution >= 4 is 16.7 Å². The van der Waals surface area contributed by atoms with Crippen LogP contribution in [-0.2, 0) is 11.3 Å². The molecule has 6 nitrogen and oxygen atoms in total. The summed E-state index contributed by atoms with van der Waals surface area (Å²) in [5, 5.41) is 5.49. The van der Waals surface area contributed by atoms with E-state index in [1.807, 2.05) is 36.4 Å². The van der Waals surface area contributed by atoms with Crippen molar-refractivity contribution in [2.75, 3.05) is 0 Å². The summed E-state index contributed by atoms with van der Waals surface area (Å²) < 4.78 is 7.01. The number of esters is 1. The lowest BCUT2D eigenvalue weighted by atomic mass is 10.1. The maximum Gasteiger partial charge on any atom is 0.355 e. The Kier molecular flexibility index (Phi) is 4.07. The number of carbonyl (C=O) groups is 1. The zero-order valence-corrected chi connectivity index (χ0v) is 13.8. The van der Waals surface area contributed by atoms with E-state index in [1.165, 1.54) is 0 Å². The van der Waals surface area contributed by atoms with Crippen molar-refractivity contribution in [3.8, 4) is 5.69 Å². The van der Waals surface area contributed by atoms with E-state index in [1.54, 1.807) is 41.3 Å². The van der Waals surface area contributed by atoms with E-state index in [2.05, 4.69) is 10.1 Å². The normalized spacial score (nSPS) is 10.8. The third-order valence-corrected chi connectivity index (χ3v) is 4.00. The Morgan fingerprint density at radius 1 is 1.08 bits per heavy atom. The number of aromatic nitrogens is 3. The molecule has 4 rings (SSSR count). The molecular weight excluding hydrogens is 330 g/mol. The molecule has 0 amide bonds. The highest BCUT2D eigenvalue weighted by atomic mass is 16.5. The number of fused-ring (bicyclic) bond motifs is 1. The fraction of sp³-hybridized carbons (Fsp3) is 0.0500. The largest absolute Gasteiger partial charge is 0.456 e. The molecule has 0 atom stereocenters. The first-order chi connectivity index (χ1) is 12.7. The van der Waals surface area contributed by atoms with Crippen molar-refractivity contribution < 1.29 is 9.53 Å². The minimum atomic E-state index is -0.583. The van der Waals surface area contributed by atoms with E-state index in [9.17, 15) is 9.59 Å². The molecule has 2 aromatic heterocycles. The van der Waals surface area contributed by atoms with Crippen molar-refractivity contribution in [1.82, 2.24) is 14.8 Å². The first-order valence-electron chi connectivity index (χ1n) is 8.09. The summed E-state index contributed by atoms with van der Waals surface area (Å²) in [5.41, 5.74) is 1.49. The zero-order chi connectivity index (χ0) is 17.9. The van der Waals surface area contributed by atoms with Crippen LogP contribution in [0.5, 0.6) is 0 Å². The maximum atomic E-state index is 12.3. The Morgan fingerprint density at radius 2 is 1.85 bits per heavy atom. The van der Waals surface area contributed by atoms with Crippen LogP contribution in [0.1, 0.15) is 16.1 Å². The van der Waals surface area contributed by atoms with Gasteiger partial charge in [-0.25, -0.2) is 9.48 Å². The number of ether oxygens (including phenoxy) is 1. The van der Waals surface area contributed by atoms with E-state index in [-0.39, 0.29) is 17.9 Å². The molecule has 2 heterocycles. The summed E-state index contributed by atoms with van der Waals surface area (Å²) in [5.74, 6) is -0.583. The average molecular weight is 345 g/mol. The number of benzene rings is 2. The number of hydrogen-bond donors (Lipinski definition) is 1. The Hall–Kier alpha value is -3.67. The lowest BCUT2D eigenvalue weighted by Gasteiger charge is -2.04. The third kappa shape index (κ3) is 3.12. The number of carbonyl (C=O) groups excluding carboxylic acids is 1. The Balaban J connectivity index is 1.49. The number of rotatable bonds is 4. The lowest BCUT2D eigenvalue weighted by molar-refractivity contribution is 0.0465. The number of nitrogens with zero attached hydrogens (tertiary/aromatic N) is 2. The molecule has 0 spiro atoms. The van der Waals surface area contributed by atoms with Gasteiger partial charge in [-0.1, -0.05) is 36.4 Å². The van der Waals surface area contributed by atoms with Crippen LogP contribution in [0.25, 0.3) is 16.5 Å². The van der Waals surface area contributed by atoms with E-state index in [0.717, 1.165) is 11.3 Å². The number of H-pyrrole nitrogens is 1. The van der Waals surface area contributed by atoms with Crippen LogP contribution in [0.4, 0.5) is 0 Å². The monoisotopic (exact) mass is 345 g/mol. The third-order valence-electron chi connectivity index (χ3n) is 4.00. The molecule has 26 heavy (non-hydrogen) atoms. The highest BCUT2D eigenvalue weighted by Gasteiger charge is 2.12. The van der Waals surface area contributed by atoms with Gasteiger partial charge < -0.3 is 9.72 Å². The van der Waals surface area contributed by atoms with E-state index >= 15 is 0 Å². The SMILES string of the molecule is O=C(OCc1cnn(-c2ccccc2)c1)c1cc2ccccc2c(=O)[nH]1. The molecular formula is C20H15N3O3. The summed E-state index contributed by atoms with van der Waals surface area (Å²) in [6, 6.07) is 18.3. The summed E-state index contributed by atoms with van der Waals surface area (Å²) >= 11 is 0. The van der Waals surface area contributed by atoms with Gasteiger partial charge in [-0.15, -0.1) is 0 Å². The molecule has 6 heteroatoms. The molecule has 0 bridgehead atoms. The predicted molar refractivity (Wildman–Crippen MR) is 97.3 cm³/mol. The van der Waals surface area contributed by atoms with Gasteiger partial charge in [0.05, 0.1) is 11.9 Å².